The van der Waals surface area contributed by atoms with Crippen molar-refractivity contribution in [2.24, 2.45) is 0 Å². The molecule has 0 spiro atoms. The average molecular weight is 282 g/mol. The SMILES string of the molecule is CCCCOc1ccc(C(O)OCCCCOC)cc1. The highest BCUT2D eigenvalue weighted by Crippen LogP contribution is 2.19. The van der Waals surface area contributed by atoms with Gasteiger partial charge in [-0.15, -0.1) is 0 Å². The summed E-state index contributed by atoms with van der Waals surface area (Å²) in [5.41, 5.74) is 0.750. The normalized spacial score (nSPS) is 12.3. The molecule has 1 rings (SSSR count). The van der Waals surface area contributed by atoms with Crippen molar-refractivity contribution in [1.82, 2.24) is 0 Å². The van der Waals surface area contributed by atoms with Crippen LogP contribution in [0.1, 0.15) is 44.5 Å². The second-order valence-electron chi connectivity index (χ2n) is 4.69. The summed E-state index contributed by atoms with van der Waals surface area (Å²) in [5, 5.41) is 9.89. The smallest absolute Gasteiger partial charge is 0.181 e. The molecule has 0 radical (unpaired) electrons. The fourth-order valence-corrected chi connectivity index (χ4v) is 1.70. The maximum Gasteiger partial charge on any atom is 0.181 e. The summed E-state index contributed by atoms with van der Waals surface area (Å²) < 4.78 is 15.9. The van der Waals surface area contributed by atoms with E-state index in [1.54, 1.807) is 7.11 Å². The Morgan fingerprint density at radius 1 is 1.00 bits per heavy atom. The van der Waals surface area contributed by atoms with E-state index in [9.17, 15) is 5.11 Å². The van der Waals surface area contributed by atoms with Crippen LogP contribution in [0.4, 0.5) is 0 Å². The highest BCUT2D eigenvalue weighted by atomic mass is 16.6. The predicted octanol–water partition coefficient (Wildman–Crippen LogP) is 3.30. The molecule has 4 heteroatoms. The van der Waals surface area contributed by atoms with Crippen LogP contribution in [0.25, 0.3) is 0 Å². The molecule has 0 saturated heterocycles. The number of benzene rings is 1. The third kappa shape index (κ3) is 6.89. The number of hydrogen-bond donors (Lipinski definition) is 1. The van der Waals surface area contributed by atoms with E-state index in [0.29, 0.717) is 6.61 Å². The van der Waals surface area contributed by atoms with E-state index in [2.05, 4.69) is 6.92 Å². The first-order valence-electron chi connectivity index (χ1n) is 7.29. The van der Waals surface area contributed by atoms with E-state index in [-0.39, 0.29) is 0 Å². The second-order valence-corrected chi connectivity index (χ2v) is 4.69. The van der Waals surface area contributed by atoms with Crippen LogP contribution in [0, 0.1) is 0 Å². The minimum absolute atomic E-state index is 0.527. The fraction of sp³-hybridized carbons (Fsp3) is 0.625. The minimum Gasteiger partial charge on any atom is -0.494 e. The third-order valence-electron chi connectivity index (χ3n) is 2.95. The lowest BCUT2D eigenvalue weighted by atomic mass is 10.2. The van der Waals surface area contributed by atoms with Crippen LogP contribution in [0.15, 0.2) is 24.3 Å². The van der Waals surface area contributed by atoms with Crippen LogP contribution in [0.2, 0.25) is 0 Å². The summed E-state index contributed by atoms with van der Waals surface area (Å²) in [5.74, 6) is 0.828. The van der Waals surface area contributed by atoms with Gasteiger partial charge >= 0.3 is 0 Å². The van der Waals surface area contributed by atoms with Crippen molar-refractivity contribution in [3.8, 4) is 5.75 Å². The molecular weight excluding hydrogens is 256 g/mol. The van der Waals surface area contributed by atoms with E-state index >= 15 is 0 Å². The number of hydrogen-bond acceptors (Lipinski definition) is 4. The molecule has 1 aromatic rings. The molecule has 0 heterocycles. The highest BCUT2D eigenvalue weighted by Gasteiger charge is 2.07. The van der Waals surface area contributed by atoms with Crippen molar-refractivity contribution in [2.45, 2.75) is 38.9 Å². The van der Waals surface area contributed by atoms with Crippen molar-refractivity contribution >= 4 is 0 Å². The Hall–Kier alpha value is -1.10. The summed E-state index contributed by atoms with van der Waals surface area (Å²) >= 11 is 0. The van der Waals surface area contributed by atoms with Gasteiger partial charge in [-0.3, -0.25) is 0 Å². The van der Waals surface area contributed by atoms with Gasteiger partial charge in [-0.2, -0.15) is 0 Å². The first-order chi connectivity index (χ1) is 9.77. The van der Waals surface area contributed by atoms with Crippen LogP contribution in [0.3, 0.4) is 0 Å². The molecule has 0 fully saturated rings. The Bertz CT molecular complexity index is 337. The Balaban J connectivity index is 2.27. The van der Waals surface area contributed by atoms with E-state index in [0.717, 1.165) is 50.2 Å². The quantitative estimate of drug-likeness (QED) is 0.500. The van der Waals surface area contributed by atoms with Crippen molar-refractivity contribution < 1.29 is 19.3 Å². The predicted molar refractivity (Wildman–Crippen MR) is 78.9 cm³/mol. The van der Waals surface area contributed by atoms with Crippen molar-refractivity contribution in [3.63, 3.8) is 0 Å². The second kappa shape index (κ2) is 10.7. The van der Waals surface area contributed by atoms with Crippen molar-refractivity contribution in [3.05, 3.63) is 29.8 Å². The van der Waals surface area contributed by atoms with Crippen LogP contribution in [-0.2, 0) is 9.47 Å². The highest BCUT2D eigenvalue weighted by molar-refractivity contribution is 5.27. The molecule has 0 aliphatic rings. The Labute approximate surface area is 121 Å². The Kier molecular flexibility index (Phi) is 9.04. The zero-order valence-electron chi connectivity index (χ0n) is 12.5. The molecule has 0 saturated carbocycles. The van der Waals surface area contributed by atoms with Gasteiger partial charge in [0, 0.05) is 19.3 Å². The molecule has 114 valence electrons. The molecule has 0 aliphatic heterocycles. The number of aliphatic hydroxyl groups is 1. The topological polar surface area (TPSA) is 47.9 Å². The molecule has 0 bridgehead atoms. The molecule has 1 aromatic carbocycles. The maximum absolute atomic E-state index is 9.89. The van der Waals surface area contributed by atoms with Crippen LogP contribution in [-0.4, -0.2) is 32.0 Å². The largest absolute Gasteiger partial charge is 0.494 e. The standard InChI is InChI=1S/C16H26O4/c1-3-4-12-19-15-9-7-14(8-10-15)16(17)20-13-6-5-11-18-2/h7-10,16-17H,3-6,11-13H2,1-2H3. The lowest BCUT2D eigenvalue weighted by molar-refractivity contribution is -0.104. The van der Waals surface area contributed by atoms with Crippen LogP contribution >= 0.6 is 0 Å². The van der Waals surface area contributed by atoms with Gasteiger partial charge in [-0.05, 0) is 31.4 Å². The van der Waals surface area contributed by atoms with Crippen LogP contribution in [0.5, 0.6) is 5.75 Å². The van der Waals surface area contributed by atoms with E-state index in [4.69, 9.17) is 14.2 Å². The molecular formula is C16H26O4. The summed E-state index contributed by atoms with van der Waals surface area (Å²) in [4.78, 5) is 0. The first kappa shape index (κ1) is 17.0. The lowest BCUT2D eigenvalue weighted by Crippen LogP contribution is -2.05. The van der Waals surface area contributed by atoms with Crippen molar-refractivity contribution in [2.75, 3.05) is 26.9 Å². The Morgan fingerprint density at radius 2 is 1.70 bits per heavy atom. The van der Waals surface area contributed by atoms with Gasteiger partial charge < -0.3 is 19.3 Å². The molecule has 1 atom stereocenters. The van der Waals surface area contributed by atoms with Crippen LogP contribution < -0.4 is 4.74 Å². The number of rotatable bonds is 11. The summed E-state index contributed by atoms with van der Waals surface area (Å²) in [6.45, 7) is 4.11. The third-order valence-corrected chi connectivity index (χ3v) is 2.95. The van der Waals surface area contributed by atoms with Gasteiger partial charge in [0.2, 0.25) is 0 Å². The summed E-state index contributed by atoms with van der Waals surface area (Å²) in [6.07, 6.45) is 3.11. The zero-order valence-corrected chi connectivity index (χ0v) is 12.5. The molecule has 20 heavy (non-hydrogen) atoms. The van der Waals surface area contributed by atoms with Gasteiger partial charge in [0.1, 0.15) is 5.75 Å². The number of methoxy groups -OCH3 is 1. The number of aliphatic hydroxyl groups excluding tert-OH is 1. The van der Waals surface area contributed by atoms with Gasteiger partial charge in [-0.25, -0.2) is 0 Å². The fourth-order valence-electron chi connectivity index (χ4n) is 1.70. The first-order valence-corrected chi connectivity index (χ1v) is 7.29. The molecule has 0 aliphatic carbocycles. The molecule has 1 unspecified atom stereocenters. The van der Waals surface area contributed by atoms with Gasteiger partial charge in [0.25, 0.3) is 0 Å². The van der Waals surface area contributed by atoms with E-state index < -0.39 is 6.29 Å². The Morgan fingerprint density at radius 3 is 2.35 bits per heavy atom. The average Bonchev–Trinajstić information content (AvgIpc) is 2.48. The summed E-state index contributed by atoms with van der Waals surface area (Å²) in [6, 6.07) is 7.40. The lowest BCUT2D eigenvalue weighted by Gasteiger charge is -2.13. The number of unbranched alkanes of at least 4 members (excludes halogenated alkanes) is 2. The van der Waals surface area contributed by atoms with Gasteiger partial charge in [0.15, 0.2) is 6.29 Å². The zero-order chi connectivity index (χ0) is 14.6. The molecule has 0 amide bonds. The minimum atomic E-state index is -0.873. The van der Waals surface area contributed by atoms with Gasteiger partial charge in [-0.1, -0.05) is 25.5 Å². The van der Waals surface area contributed by atoms with Crippen molar-refractivity contribution in [1.29, 1.82) is 0 Å². The van der Waals surface area contributed by atoms with E-state index in [1.165, 1.54) is 0 Å². The maximum atomic E-state index is 9.89. The molecule has 1 N–H and O–H groups in total. The monoisotopic (exact) mass is 282 g/mol. The van der Waals surface area contributed by atoms with E-state index in [1.807, 2.05) is 24.3 Å². The molecule has 0 aromatic heterocycles. The number of ether oxygens (including phenoxy) is 3. The summed E-state index contributed by atoms with van der Waals surface area (Å²) in [7, 11) is 1.68. The van der Waals surface area contributed by atoms with Gasteiger partial charge in [0.05, 0.1) is 13.2 Å². The molecule has 4 nitrogen and oxygen atoms in total.